The average molecular weight is 271 g/mol. The van der Waals surface area contributed by atoms with E-state index in [0.717, 1.165) is 12.8 Å². The third-order valence-electron chi connectivity index (χ3n) is 4.26. The van der Waals surface area contributed by atoms with Gasteiger partial charge < -0.3 is 10.4 Å². The molecule has 1 amide bonds. The van der Waals surface area contributed by atoms with Crippen LogP contribution in [0.3, 0.4) is 0 Å². The number of rotatable bonds is 2. The standard InChI is InChI=1S/C17H21NO2/c1-12-9-10-16(13(12)2)18-17(20)15-8-4-3-6-14(15)7-5-11-19/h3-4,6,8,12-13,16,19H,9-11H2,1-2H3,(H,18,20). The van der Waals surface area contributed by atoms with Crippen molar-refractivity contribution in [2.75, 3.05) is 6.61 Å². The summed E-state index contributed by atoms with van der Waals surface area (Å²) in [6.07, 6.45) is 2.20. The molecule has 2 N–H and O–H groups in total. The highest BCUT2D eigenvalue weighted by Crippen LogP contribution is 2.31. The first-order chi connectivity index (χ1) is 9.63. The molecule has 1 aromatic carbocycles. The molecule has 2 rings (SSSR count). The Bertz CT molecular complexity index is 541. The summed E-state index contributed by atoms with van der Waals surface area (Å²) < 4.78 is 0. The largest absolute Gasteiger partial charge is 0.384 e. The van der Waals surface area contributed by atoms with Crippen LogP contribution in [0.15, 0.2) is 24.3 Å². The number of hydrogen-bond acceptors (Lipinski definition) is 2. The molecule has 0 aromatic heterocycles. The van der Waals surface area contributed by atoms with Gasteiger partial charge in [0.05, 0.1) is 5.56 Å². The lowest BCUT2D eigenvalue weighted by molar-refractivity contribution is 0.0927. The van der Waals surface area contributed by atoms with Gasteiger partial charge in [-0.05, 0) is 36.8 Å². The normalized spacial score (nSPS) is 24.9. The number of carbonyl (C=O) groups excluding carboxylic acids is 1. The van der Waals surface area contributed by atoms with Gasteiger partial charge in [0.15, 0.2) is 0 Å². The molecule has 106 valence electrons. The van der Waals surface area contributed by atoms with Crippen molar-refractivity contribution in [2.45, 2.75) is 32.7 Å². The molecule has 3 heteroatoms. The van der Waals surface area contributed by atoms with Gasteiger partial charge in [-0.15, -0.1) is 0 Å². The summed E-state index contributed by atoms with van der Waals surface area (Å²) in [7, 11) is 0. The summed E-state index contributed by atoms with van der Waals surface area (Å²) in [4.78, 5) is 12.4. The molecule has 3 atom stereocenters. The lowest BCUT2D eigenvalue weighted by atomic mass is 9.97. The minimum atomic E-state index is -0.201. The van der Waals surface area contributed by atoms with Crippen LogP contribution < -0.4 is 5.32 Å². The van der Waals surface area contributed by atoms with E-state index in [-0.39, 0.29) is 18.6 Å². The molecule has 0 radical (unpaired) electrons. The SMILES string of the molecule is CC1CCC(NC(=O)c2ccccc2C#CCO)C1C. The van der Waals surface area contributed by atoms with Crippen LogP contribution in [-0.4, -0.2) is 23.7 Å². The van der Waals surface area contributed by atoms with Crippen molar-refractivity contribution in [1.82, 2.24) is 5.32 Å². The van der Waals surface area contributed by atoms with Gasteiger partial charge in [-0.3, -0.25) is 4.79 Å². The molecule has 0 aliphatic heterocycles. The molecular weight excluding hydrogens is 250 g/mol. The van der Waals surface area contributed by atoms with Crippen molar-refractivity contribution in [2.24, 2.45) is 11.8 Å². The van der Waals surface area contributed by atoms with E-state index >= 15 is 0 Å². The van der Waals surface area contributed by atoms with Gasteiger partial charge >= 0.3 is 0 Å². The van der Waals surface area contributed by atoms with E-state index in [2.05, 4.69) is 31.0 Å². The van der Waals surface area contributed by atoms with Crippen molar-refractivity contribution in [3.8, 4) is 11.8 Å². The van der Waals surface area contributed by atoms with Gasteiger partial charge in [-0.25, -0.2) is 0 Å². The van der Waals surface area contributed by atoms with E-state index in [1.807, 2.05) is 12.1 Å². The molecule has 1 aromatic rings. The number of hydrogen-bond donors (Lipinski definition) is 2. The molecular formula is C17H21NO2. The molecule has 1 fully saturated rings. The minimum Gasteiger partial charge on any atom is -0.384 e. The lowest BCUT2D eigenvalue weighted by Gasteiger charge is -2.20. The molecule has 0 spiro atoms. The summed E-state index contributed by atoms with van der Waals surface area (Å²) >= 11 is 0. The van der Waals surface area contributed by atoms with E-state index in [4.69, 9.17) is 5.11 Å². The van der Waals surface area contributed by atoms with Crippen molar-refractivity contribution >= 4 is 5.91 Å². The van der Waals surface area contributed by atoms with E-state index in [0.29, 0.717) is 23.0 Å². The zero-order valence-electron chi connectivity index (χ0n) is 12.0. The van der Waals surface area contributed by atoms with Crippen LogP contribution in [0.1, 0.15) is 42.6 Å². The van der Waals surface area contributed by atoms with Gasteiger partial charge in [0.2, 0.25) is 0 Å². The summed E-state index contributed by atoms with van der Waals surface area (Å²) in [5.74, 6) is 6.52. The van der Waals surface area contributed by atoms with Crippen molar-refractivity contribution < 1.29 is 9.90 Å². The van der Waals surface area contributed by atoms with E-state index in [1.54, 1.807) is 12.1 Å². The van der Waals surface area contributed by atoms with Gasteiger partial charge in [0, 0.05) is 11.6 Å². The molecule has 0 saturated heterocycles. The smallest absolute Gasteiger partial charge is 0.252 e. The predicted molar refractivity (Wildman–Crippen MR) is 79.2 cm³/mol. The highest BCUT2D eigenvalue weighted by atomic mass is 16.2. The number of aliphatic hydroxyl groups excluding tert-OH is 1. The van der Waals surface area contributed by atoms with Crippen LogP contribution in [0.2, 0.25) is 0 Å². The van der Waals surface area contributed by atoms with Crippen LogP contribution in [0.25, 0.3) is 0 Å². The second-order valence-corrected chi connectivity index (χ2v) is 5.50. The van der Waals surface area contributed by atoms with Crippen LogP contribution in [0, 0.1) is 23.7 Å². The number of nitrogens with one attached hydrogen (secondary N) is 1. The predicted octanol–water partition coefficient (Wildman–Crippen LogP) is 2.19. The van der Waals surface area contributed by atoms with Gasteiger partial charge in [-0.2, -0.15) is 0 Å². The summed E-state index contributed by atoms with van der Waals surface area (Å²) in [5.41, 5.74) is 1.25. The number of carbonyl (C=O) groups is 1. The van der Waals surface area contributed by atoms with Gasteiger partial charge in [0.1, 0.15) is 6.61 Å². The molecule has 1 saturated carbocycles. The molecule has 3 unspecified atom stereocenters. The quantitative estimate of drug-likeness (QED) is 0.810. The fourth-order valence-electron chi connectivity index (χ4n) is 2.74. The summed E-state index contributed by atoms with van der Waals surface area (Å²) in [6, 6.07) is 7.51. The summed E-state index contributed by atoms with van der Waals surface area (Å²) in [6.45, 7) is 4.23. The van der Waals surface area contributed by atoms with Crippen LogP contribution in [-0.2, 0) is 0 Å². The first-order valence-electron chi connectivity index (χ1n) is 7.13. The van der Waals surface area contributed by atoms with Crippen molar-refractivity contribution in [3.63, 3.8) is 0 Å². The Labute approximate surface area is 120 Å². The zero-order valence-corrected chi connectivity index (χ0v) is 12.0. The Morgan fingerprint density at radius 2 is 2.10 bits per heavy atom. The molecule has 0 bridgehead atoms. The van der Waals surface area contributed by atoms with Crippen LogP contribution in [0.5, 0.6) is 0 Å². The highest BCUT2D eigenvalue weighted by Gasteiger charge is 2.31. The third kappa shape index (κ3) is 3.20. The average Bonchev–Trinajstić information content (AvgIpc) is 2.77. The maximum absolute atomic E-state index is 12.4. The Morgan fingerprint density at radius 1 is 1.35 bits per heavy atom. The topological polar surface area (TPSA) is 49.3 Å². The second kappa shape index (κ2) is 6.58. The van der Waals surface area contributed by atoms with Crippen molar-refractivity contribution in [1.29, 1.82) is 0 Å². The monoisotopic (exact) mass is 271 g/mol. The fourth-order valence-corrected chi connectivity index (χ4v) is 2.74. The van der Waals surface area contributed by atoms with E-state index < -0.39 is 0 Å². The molecule has 1 aliphatic rings. The Hall–Kier alpha value is -1.79. The lowest BCUT2D eigenvalue weighted by Crippen LogP contribution is -2.37. The highest BCUT2D eigenvalue weighted by molar-refractivity contribution is 5.96. The summed E-state index contributed by atoms with van der Waals surface area (Å²) in [5, 5.41) is 11.9. The first kappa shape index (κ1) is 14.6. The fraction of sp³-hybridized carbons (Fsp3) is 0.471. The molecule has 20 heavy (non-hydrogen) atoms. The molecule has 0 heterocycles. The molecule has 3 nitrogen and oxygen atoms in total. The second-order valence-electron chi connectivity index (χ2n) is 5.50. The third-order valence-corrected chi connectivity index (χ3v) is 4.26. The number of amides is 1. The zero-order chi connectivity index (χ0) is 14.5. The van der Waals surface area contributed by atoms with E-state index in [1.165, 1.54) is 0 Å². The maximum atomic E-state index is 12.4. The Morgan fingerprint density at radius 3 is 2.75 bits per heavy atom. The van der Waals surface area contributed by atoms with Gasteiger partial charge in [-0.1, -0.05) is 37.8 Å². The van der Waals surface area contributed by atoms with Crippen molar-refractivity contribution in [3.05, 3.63) is 35.4 Å². The molecule has 1 aliphatic carbocycles. The number of aliphatic hydroxyl groups is 1. The Kier molecular flexibility index (Phi) is 4.81. The van der Waals surface area contributed by atoms with Gasteiger partial charge in [0.25, 0.3) is 5.91 Å². The maximum Gasteiger partial charge on any atom is 0.252 e. The minimum absolute atomic E-state index is 0.0706. The van der Waals surface area contributed by atoms with E-state index in [9.17, 15) is 4.79 Å². The first-order valence-corrected chi connectivity index (χ1v) is 7.13. The Balaban J connectivity index is 2.13. The van der Waals surface area contributed by atoms with Crippen LogP contribution >= 0.6 is 0 Å². The number of benzene rings is 1. The van der Waals surface area contributed by atoms with Crippen LogP contribution in [0.4, 0.5) is 0 Å².